The summed E-state index contributed by atoms with van der Waals surface area (Å²) < 4.78 is 11.3. The first-order valence-electron chi connectivity index (χ1n) is 10.8. The molecule has 6 atom stereocenters. The summed E-state index contributed by atoms with van der Waals surface area (Å²) in [7, 11) is 0. The molecule has 0 aromatic heterocycles. The molecule has 0 unspecified atom stereocenters. The van der Waals surface area contributed by atoms with Crippen molar-refractivity contribution in [3.8, 4) is 5.75 Å². The summed E-state index contributed by atoms with van der Waals surface area (Å²) in [5, 5.41) is 39.9. The van der Waals surface area contributed by atoms with E-state index >= 15 is 0 Å². The Bertz CT molecular complexity index is 719. The monoisotopic (exact) mass is 420 g/mol. The predicted octanol–water partition coefficient (Wildman–Crippen LogP) is 2.62. The van der Waals surface area contributed by atoms with E-state index in [-0.39, 0.29) is 18.3 Å². The fourth-order valence-corrected chi connectivity index (χ4v) is 4.36. The van der Waals surface area contributed by atoms with E-state index in [2.05, 4.69) is 0 Å². The van der Waals surface area contributed by atoms with Crippen molar-refractivity contribution < 1.29 is 34.7 Å². The third kappa shape index (κ3) is 6.04. The summed E-state index contributed by atoms with van der Waals surface area (Å²) in [6.45, 7) is 0.362. The lowest BCUT2D eigenvalue weighted by Gasteiger charge is -2.28. The average molecular weight is 421 g/mol. The Morgan fingerprint density at radius 3 is 2.70 bits per heavy atom. The number of benzene rings is 1. The molecule has 0 radical (unpaired) electrons. The highest BCUT2D eigenvalue weighted by Crippen LogP contribution is 2.37. The highest BCUT2D eigenvalue weighted by molar-refractivity contribution is 5.66. The Balaban J connectivity index is 1.50. The standard InChI is InChI=1S/C23H32O7/c24-18(23-29-14-15-7-5-6-9-21(15)30-23)12-11-17-16(19(25)13-20(17)26)8-3-1-2-4-10-22(27)28/h5-7,9,11-12,16-20,23-26H,1-4,8,10,13-14H2,(H,27,28)/t16-,17-,18+,19+,20-,23+/m1/s1. The summed E-state index contributed by atoms with van der Waals surface area (Å²) in [5.74, 6) is -0.415. The van der Waals surface area contributed by atoms with Crippen LogP contribution in [0.5, 0.6) is 5.75 Å². The number of aliphatic hydroxyl groups is 3. The molecular formula is C23H32O7. The molecule has 1 saturated carbocycles. The maximum absolute atomic E-state index is 10.6. The lowest BCUT2D eigenvalue weighted by atomic mass is 9.88. The minimum atomic E-state index is -0.986. The lowest BCUT2D eigenvalue weighted by molar-refractivity contribution is -0.152. The second-order valence-electron chi connectivity index (χ2n) is 8.24. The molecule has 1 aromatic rings. The number of hydrogen-bond donors (Lipinski definition) is 4. The fourth-order valence-electron chi connectivity index (χ4n) is 4.36. The topological polar surface area (TPSA) is 116 Å². The molecule has 0 bridgehead atoms. The van der Waals surface area contributed by atoms with Gasteiger partial charge in [0, 0.05) is 24.3 Å². The van der Waals surface area contributed by atoms with Gasteiger partial charge in [0.25, 0.3) is 0 Å². The number of carboxylic acids is 1. The van der Waals surface area contributed by atoms with Gasteiger partial charge in [-0.1, -0.05) is 49.6 Å². The van der Waals surface area contributed by atoms with Crippen molar-refractivity contribution in [1.29, 1.82) is 0 Å². The van der Waals surface area contributed by atoms with Crippen molar-refractivity contribution in [3.63, 3.8) is 0 Å². The Morgan fingerprint density at radius 1 is 1.13 bits per heavy atom. The number of carboxylic acid groups (broad SMARTS) is 1. The van der Waals surface area contributed by atoms with Gasteiger partial charge >= 0.3 is 5.97 Å². The van der Waals surface area contributed by atoms with Crippen LogP contribution in [-0.2, 0) is 16.1 Å². The summed E-state index contributed by atoms with van der Waals surface area (Å²) in [4.78, 5) is 10.6. The Kier molecular flexibility index (Phi) is 8.27. The van der Waals surface area contributed by atoms with Gasteiger partial charge in [-0.2, -0.15) is 0 Å². The van der Waals surface area contributed by atoms with Crippen LogP contribution in [0.1, 0.15) is 50.5 Å². The van der Waals surface area contributed by atoms with E-state index in [1.54, 1.807) is 12.2 Å². The van der Waals surface area contributed by atoms with Crippen molar-refractivity contribution in [3.05, 3.63) is 42.0 Å². The predicted molar refractivity (Wildman–Crippen MR) is 110 cm³/mol. The first-order chi connectivity index (χ1) is 14.5. The number of fused-ring (bicyclic) bond motifs is 1. The SMILES string of the molecule is O=C(O)CCCCCC[C@@H]1[C@@H](C=C[C@H](O)[C@H]2OCc3ccccc3O2)[C@H](O)C[C@@H]1O. The largest absolute Gasteiger partial charge is 0.481 e. The molecular weight excluding hydrogens is 388 g/mol. The molecule has 2 aliphatic rings. The molecule has 1 aromatic carbocycles. The molecule has 7 nitrogen and oxygen atoms in total. The summed E-state index contributed by atoms with van der Waals surface area (Å²) in [5.41, 5.74) is 0.933. The molecule has 4 N–H and O–H groups in total. The van der Waals surface area contributed by atoms with E-state index in [4.69, 9.17) is 14.6 Å². The zero-order valence-corrected chi connectivity index (χ0v) is 17.1. The number of ether oxygens (including phenoxy) is 2. The number of para-hydroxylation sites is 1. The molecule has 1 fully saturated rings. The van der Waals surface area contributed by atoms with Crippen LogP contribution >= 0.6 is 0 Å². The van der Waals surface area contributed by atoms with Gasteiger partial charge in [-0.15, -0.1) is 0 Å². The molecule has 0 spiro atoms. The van der Waals surface area contributed by atoms with Gasteiger partial charge in [0.15, 0.2) is 0 Å². The number of rotatable bonds is 10. The summed E-state index contributed by atoms with van der Waals surface area (Å²) >= 11 is 0. The Morgan fingerprint density at radius 2 is 1.90 bits per heavy atom. The summed E-state index contributed by atoms with van der Waals surface area (Å²) in [6.07, 6.45) is 4.84. The molecule has 0 saturated heterocycles. The Hall–Kier alpha value is -1.93. The van der Waals surface area contributed by atoms with Crippen LogP contribution in [0, 0.1) is 11.8 Å². The van der Waals surface area contributed by atoms with E-state index in [0.717, 1.165) is 31.2 Å². The number of aliphatic carboxylic acids is 1. The third-order valence-corrected chi connectivity index (χ3v) is 6.02. The molecule has 3 rings (SSSR count). The van der Waals surface area contributed by atoms with E-state index in [9.17, 15) is 20.1 Å². The number of hydrogen-bond acceptors (Lipinski definition) is 6. The van der Waals surface area contributed by atoms with Gasteiger partial charge in [0.05, 0.1) is 18.8 Å². The van der Waals surface area contributed by atoms with Gasteiger partial charge < -0.3 is 29.9 Å². The maximum atomic E-state index is 10.6. The van der Waals surface area contributed by atoms with E-state index in [1.807, 2.05) is 24.3 Å². The minimum absolute atomic E-state index is 0.0863. The first-order valence-corrected chi connectivity index (χ1v) is 10.8. The van der Waals surface area contributed by atoms with Crippen LogP contribution in [0.15, 0.2) is 36.4 Å². The zero-order valence-electron chi connectivity index (χ0n) is 17.1. The van der Waals surface area contributed by atoms with Crippen LogP contribution in [-0.4, -0.2) is 51.0 Å². The molecule has 1 aliphatic heterocycles. The normalized spacial score (nSPS) is 29.5. The third-order valence-electron chi connectivity index (χ3n) is 6.02. The van der Waals surface area contributed by atoms with Gasteiger partial charge in [0.2, 0.25) is 6.29 Å². The van der Waals surface area contributed by atoms with Crippen molar-refractivity contribution in [2.24, 2.45) is 11.8 Å². The summed E-state index contributed by atoms with van der Waals surface area (Å²) in [6, 6.07) is 7.52. The zero-order chi connectivity index (χ0) is 21.5. The van der Waals surface area contributed by atoms with E-state index in [1.165, 1.54) is 0 Å². The molecule has 1 heterocycles. The van der Waals surface area contributed by atoms with Gasteiger partial charge in [-0.05, 0) is 24.8 Å². The van der Waals surface area contributed by atoms with Crippen LogP contribution in [0.3, 0.4) is 0 Å². The quantitative estimate of drug-likeness (QED) is 0.340. The first kappa shape index (κ1) is 22.7. The Labute approximate surface area is 176 Å². The van der Waals surface area contributed by atoms with Crippen LogP contribution in [0.2, 0.25) is 0 Å². The smallest absolute Gasteiger partial charge is 0.303 e. The number of unbranched alkanes of at least 4 members (excludes halogenated alkanes) is 3. The molecule has 30 heavy (non-hydrogen) atoms. The van der Waals surface area contributed by atoms with E-state index < -0.39 is 30.6 Å². The van der Waals surface area contributed by atoms with Gasteiger partial charge in [0.1, 0.15) is 11.9 Å². The molecule has 166 valence electrons. The van der Waals surface area contributed by atoms with Crippen molar-refractivity contribution >= 4 is 5.97 Å². The van der Waals surface area contributed by atoms with Gasteiger partial charge in [-0.3, -0.25) is 4.79 Å². The van der Waals surface area contributed by atoms with E-state index in [0.29, 0.717) is 25.2 Å². The highest BCUT2D eigenvalue weighted by atomic mass is 16.7. The van der Waals surface area contributed by atoms with Gasteiger partial charge in [-0.25, -0.2) is 0 Å². The van der Waals surface area contributed by atoms with Crippen molar-refractivity contribution in [1.82, 2.24) is 0 Å². The maximum Gasteiger partial charge on any atom is 0.303 e. The minimum Gasteiger partial charge on any atom is -0.481 e. The van der Waals surface area contributed by atoms with Crippen LogP contribution in [0.4, 0.5) is 0 Å². The second kappa shape index (κ2) is 10.9. The molecule has 7 heteroatoms. The van der Waals surface area contributed by atoms with Crippen molar-refractivity contribution in [2.45, 2.75) is 76.2 Å². The van der Waals surface area contributed by atoms with Crippen LogP contribution in [0.25, 0.3) is 0 Å². The van der Waals surface area contributed by atoms with Crippen LogP contribution < -0.4 is 4.74 Å². The molecule has 0 amide bonds. The number of carbonyl (C=O) groups is 1. The molecule has 1 aliphatic carbocycles. The second-order valence-corrected chi connectivity index (χ2v) is 8.24. The number of aliphatic hydroxyl groups excluding tert-OH is 3. The lowest BCUT2D eigenvalue weighted by Crippen LogP contribution is -2.36. The average Bonchev–Trinajstić information content (AvgIpc) is 3.00. The fraction of sp³-hybridized carbons (Fsp3) is 0.609. The van der Waals surface area contributed by atoms with Crippen molar-refractivity contribution in [2.75, 3.05) is 0 Å². The highest BCUT2D eigenvalue weighted by Gasteiger charge is 2.40.